The molecule has 0 spiro atoms. The van der Waals surface area contributed by atoms with E-state index in [-0.39, 0.29) is 11.7 Å². The highest BCUT2D eigenvalue weighted by molar-refractivity contribution is 5.80. The molecule has 2 aromatic heterocycles. The van der Waals surface area contributed by atoms with Crippen LogP contribution in [-0.2, 0) is 24.4 Å². The lowest BCUT2D eigenvalue weighted by molar-refractivity contribution is 0.0893. The molecular weight excluding hydrogens is 420 g/mol. The lowest BCUT2D eigenvalue weighted by Crippen LogP contribution is -2.38. The van der Waals surface area contributed by atoms with Crippen LogP contribution in [0.1, 0.15) is 56.3 Å². The maximum atomic E-state index is 12.9. The third kappa shape index (κ3) is 5.09. The number of nitrogens with one attached hydrogen (secondary N) is 1. The first kappa shape index (κ1) is 22.0. The molecule has 2 fully saturated rings. The van der Waals surface area contributed by atoms with Crippen molar-refractivity contribution in [1.29, 1.82) is 0 Å². The highest BCUT2D eigenvalue weighted by atomic mass is 16.5. The van der Waals surface area contributed by atoms with Crippen LogP contribution < -0.4 is 10.3 Å². The Balaban J connectivity index is 1.41. The van der Waals surface area contributed by atoms with Gasteiger partial charge in [0.1, 0.15) is 5.75 Å². The molecule has 1 saturated heterocycles. The third-order valence-corrected chi connectivity index (χ3v) is 6.94. The van der Waals surface area contributed by atoms with Crippen molar-refractivity contribution in [3.05, 3.63) is 46.0 Å². The average Bonchev–Trinajstić information content (AvgIpc) is 3.52. The van der Waals surface area contributed by atoms with E-state index in [0.29, 0.717) is 25.7 Å². The molecular formula is C24H32N6O3. The molecule has 1 aliphatic carbocycles. The summed E-state index contributed by atoms with van der Waals surface area (Å²) in [5, 5.41) is 13.5. The van der Waals surface area contributed by atoms with Gasteiger partial charge in [-0.2, -0.15) is 0 Å². The molecule has 33 heavy (non-hydrogen) atoms. The Labute approximate surface area is 193 Å². The van der Waals surface area contributed by atoms with E-state index in [1.807, 2.05) is 28.9 Å². The summed E-state index contributed by atoms with van der Waals surface area (Å²) in [7, 11) is 1.65. The van der Waals surface area contributed by atoms with E-state index in [0.717, 1.165) is 60.3 Å². The Kier molecular flexibility index (Phi) is 6.68. The van der Waals surface area contributed by atoms with Crippen LogP contribution in [0.3, 0.4) is 0 Å². The van der Waals surface area contributed by atoms with Crippen molar-refractivity contribution in [1.82, 2.24) is 30.1 Å². The minimum atomic E-state index is -0.0487. The summed E-state index contributed by atoms with van der Waals surface area (Å²) in [5.74, 6) is 1.60. The van der Waals surface area contributed by atoms with Gasteiger partial charge in [-0.05, 0) is 60.4 Å². The van der Waals surface area contributed by atoms with Gasteiger partial charge in [-0.15, -0.1) is 5.10 Å². The van der Waals surface area contributed by atoms with Crippen LogP contribution in [0.5, 0.6) is 5.75 Å². The zero-order valence-electron chi connectivity index (χ0n) is 19.2. The number of fused-ring (bicyclic) bond motifs is 1. The quantitative estimate of drug-likeness (QED) is 0.561. The van der Waals surface area contributed by atoms with Crippen LogP contribution in [0, 0.1) is 0 Å². The van der Waals surface area contributed by atoms with Crippen molar-refractivity contribution in [3.8, 4) is 5.75 Å². The molecule has 3 aromatic rings. The predicted octanol–water partition coefficient (Wildman–Crippen LogP) is 3.04. The standard InChI is InChI=1S/C24H32N6O3/c1-32-20-9-10-22-17(13-20)12-18(24(31)25-22)14-29(19-6-3-2-4-7-19)16-23-26-27-28-30(23)15-21-8-5-11-33-21/h9-10,12-13,19,21H,2-8,11,14-16H2,1H3,(H,25,31)/t21-/m1/s1. The van der Waals surface area contributed by atoms with Crippen LogP contribution in [0.15, 0.2) is 29.1 Å². The fourth-order valence-electron chi connectivity index (χ4n) is 5.09. The SMILES string of the molecule is COc1ccc2[nH]c(=O)c(CN(Cc3nnnn3C[C@H]3CCCO3)C3CCCCC3)cc2c1. The van der Waals surface area contributed by atoms with Gasteiger partial charge in [0, 0.05) is 35.7 Å². The number of benzene rings is 1. The minimum absolute atomic E-state index is 0.0487. The van der Waals surface area contributed by atoms with Crippen molar-refractivity contribution < 1.29 is 9.47 Å². The lowest BCUT2D eigenvalue weighted by Gasteiger charge is -2.34. The third-order valence-electron chi connectivity index (χ3n) is 6.94. The minimum Gasteiger partial charge on any atom is -0.497 e. The smallest absolute Gasteiger partial charge is 0.252 e. The molecule has 1 atom stereocenters. The van der Waals surface area contributed by atoms with Gasteiger partial charge in [-0.3, -0.25) is 9.69 Å². The second-order valence-corrected chi connectivity index (χ2v) is 9.19. The van der Waals surface area contributed by atoms with Crippen molar-refractivity contribution in [2.24, 2.45) is 0 Å². The summed E-state index contributed by atoms with van der Waals surface area (Å²) in [5.41, 5.74) is 1.51. The number of aromatic amines is 1. The molecule has 1 aliphatic heterocycles. The van der Waals surface area contributed by atoms with Crippen LogP contribution >= 0.6 is 0 Å². The zero-order valence-corrected chi connectivity index (χ0v) is 19.2. The Bertz CT molecular complexity index is 1130. The maximum absolute atomic E-state index is 12.9. The van der Waals surface area contributed by atoms with Gasteiger partial charge in [0.15, 0.2) is 5.82 Å². The Hall–Kier alpha value is -2.78. The van der Waals surface area contributed by atoms with E-state index in [9.17, 15) is 4.79 Å². The molecule has 5 rings (SSSR count). The van der Waals surface area contributed by atoms with Crippen LogP contribution in [0.25, 0.3) is 10.9 Å². The molecule has 0 bridgehead atoms. The number of aromatic nitrogens is 5. The molecule has 2 aliphatic rings. The van der Waals surface area contributed by atoms with Gasteiger partial charge in [0.2, 0.25) is 0 Å². The second kappa shape index (κ2) is 10.0. The molecule has 1 N–H and O–H groups in total. The Morgan fingerprint density at radius 3 is 2.82 bits per heavy atom. The van der Waals surface area contributed by atoms with Crippen molar-refractivity contribution in [2.75, 3.05) is 13.7 Å². The number of H-pyrrole nitrogens is 1. The topological polar surface area (TPSA) is 98.2 Å². The van der Waals surface area contributed by atoms with Gasteiger partial charge in [0.25, 0.3) is 5.56 Å². The predicted molar refractivity (Wildman–Crippen MR) is 124 cm³/mol. The number of ether oxygens (including phenoxy) is 2. The molecule has 176 valence electrons. The van der Waals surface area contributed by atoms with Gasteiger partial charge in [-0.1, -0.05) is 19.3 Å². The largest absolute Gasteiger partial charge is 0.497 e. The number of hydrogen-bond acceptors (Lipinski definition) is 7. The summed E-state index contributed by atoms with van der Waals surface area (Å²) in [4.78, 5) is 18.3. The monoisotopic (exact) mass is 452 g/mol. The summed E-state index contributed by atoms with van der Waals surface area (Å²) in [6, 6.07) is 8.11. The van der Waals surface area contributed by atoms with Crippen LogP contribution in [-0.4, -0.2) is 56.0 Å². The van der Waals surface area contributed by atoms with Gasteiger partial charge < -0.3 is 14.5 Å². The van der Waals surface area contributed by atoms with Crippen molar-refractivity contribution in [3.63, 3.8) is 0 Å². The van der Waals surface area contributed by atoms with Gasteiger partial charge >= 0.3 is 0 Å². The molecule has 0 radical (unpaired) electrons. The van der Waals surface area contributed by atoms with E-state index < -0.39 is 0 Å². The van der Waals surface area contributed by atoms with Crippen molar-refractivity contribution >= 4 is 10.9 Å². The normalized spacial score (nSPS) is 19.5. The molecule has 9 nitrogen and oxygen atoms in total. The molecule has 3 heterocycles. The van der Waals surface area contributed by atoms with E-state index in [4.69, 9.17) is 9.47 Å². The summed E-state index contributed by atoms with van der Waals surface area (Å²) >= 11 is 0. The first-order valence-electron chi connectivity index (χ1n) is 12.0. The number of nitrogens with zero attached hydrogens (tertiary/aromatic N) is 5. The zero-order chi connectivity index (χ0) is 22.6. The van der Waals surface area contributed by atoms with Crippen LogP contribution in [0.2, 0.25) is 0 Å². The van der Waals surface area contributed by atoms with Crippen LogP contribution in [0.4, 0.5) is 0 Å². The average molecular weight is 453 g/mol. The number of pyridine rings is 1. The highest BCUT2D eigenvalue weighted by Crippen LogP contribution is 2.26. The number of methoxy groups -OCH3 is 1. The fourth-order valence-corrected chi connectivity index (χ4v) is 5.09. The lowest BCUT2D eigenvalue weighted by atomic mass is 9.93. The molecule has 1 saturated carbocycles. The second-order valence-electron chi connectivity index (χ2n) is 9.19. The molecule has 0 unspecified atom stereocenters. The molecule has 1 aromatic carbocycles. The van der Waals surface area contributed by atoms with E-state index in [2.05, 4.69) is 25.4 Å². The molecule has 9 heteroatoms. The summed E-state index contributed by atoms with van der Waals surface area (Å²) in [6.07, 6.45) is 8.28. The van der Waals surface area contributed by atoms with Crippen molar-refractivity contribution in [2.45, 2.75) is 76.7 Å². The number of hydrogen-bond donors (Lipinski definition) is 1. The Morgan fingerprint density at radius 1 is 1.15 bits per heavy atom. The highest BCUT2D eigenvalue weighted by Gasteiger charge is 2.26. The molecule has 0 amide bonds. The summed E-state index contributed by atoms with van der Waals surface area (Å²) < 4.78 is 13.0. The van der Waals surface area contributed by atoms with Gasteiger partial charge in [0.05, 0.1) is 26.3 Å². The number of tetrazole rings is 1. The van der Waals surface area contributed by atoms with E-state index in [1.54, 1.807) is 7.11 Å². The number of rotatable bonds is 8. The first-order chi connectivity index (χ1) is 16.2. The van der Waals surface area contributed by atoms with Gasteiger partial charge in [-0.25, -0.2) is 4.68 Å². The maximum Gasteiger partial charge on any atom is 0.252 e. The summed E-state index contributed by atoms with van der Waals surface area (Å²) in [6.45, 7) is 2.66. The Morgan fingerprint density at radius 2 is 2.03 bits per heavy atom. The van der Waals surface area contributed by atoms with E-state index >= 15 is 0 Å². The van der Waals surface area contributed by atoms with E-state index in [1.165, 1.54) is 19.3 Å². The first-order valence-corrected chi connectivity index (χ1v) is 12.0. The fraction of sp³-hybridized carbons (Fsp3) is 0.583.